The van der Waals surface area contributed by atoms with Gasteiger partial charge in [-0.2, -0.15) is 0 Å². The Kier molecular flexibility index (Phi) is 4.97. The first kappa shape index (κ1) is 14.1. The molecule has 1 aromatic carbocycles. The highest BCUT2D eigenvalue weighted by Gasteiger charge is 2.15. The molecule has 1 aliphatic heterocycles. The molecule has 0 N–H and O–H groups in total. The van der Waals surface area contributed by atoms with E-state index in [1.165, 1.54) is 5.56 Å². The Balaban J connectivity index is 1.76. The quantitative estimate of drug-likeness (QED) is 0.816. The minimum absolute atomic E-state index is 0.391. The fraction of sp³-hybridized carbons (Fsp3) is 0.562. The fourth-order valence-electron chi connectivity index (χ4n) is 2.28. The first-order valence-electron chi connectivity index (χ1n) is 7.12. The van der Waals surface area contributed by atoms with E-state index in [0.717, 1.165) is 25.4 Å². The van der Waals surface area contributed by atoms with Crippen molar-refractivity contribution < 1.29 is 9.53 Å². The normalized spacial score (nSPS) is 16.9. The van der Waals surface area contributed by atoms with Crippen molar-refractivity contribution in [2.24, 2.45) is 0 Å². The minimum atomic E-state index is 0.391. The van der Waals surface area contributed by atoms with E-state index in [0.29, 0.717) is 31.1 Å². The van der Waals surface area contributed by atoms with Crippen LogP contribution in [0.15, 0.2) is 24.3 Å². The molecule has 0 atom stereocenters. The van der Waals surface area contributed by atoms with Crippen LogP contribution in [0.4, 0.5) is 0 Å². The molecule has 0 radical (unpaired) electrons. The number of nitrogens with zero attached hydrogens (tertiary/aromatic N) is 1. The number of piperidine rings is 1. The predicted octanol–water partition coefficient (Wildman–Crippen LogP) is 2.85. The van der Waals surface area contributed by atoms with Crippen molar-refractivity contribution in [2.45, 2.75) is 32.6 Å². The SMILES string of the molecule is CC(C)c1cccc(OCCN2CCC(=O)CC2)c1. The summed E-state index contributed by atoms with van der Waals surface area (Å²) in [5.41, 5.74) is 1.31. The zero-order valence-electron chi connectivity index (χ0n) is 11.9. The van der Waals surface area contributed by atoms with Crippen LogP contribution in [0.25, 0.3) is 0 Å². The summed E-state index contributed by atoms with van der Waals surface area (Å²) in [5.74, 6) is 1.86. The summed E-state index contributed by atoms with van der Waals surface area (Å²) in [4.78, 5) is 13.4. The number of hydrogen-bond donors (Lipinski definition) is 0. The van der Waals surface area contributed by atoms with Crippen molar-refractivity contribution >= 4 is 5.78 Å². The Labute approximate surface area is 115 Å². The van der Waals surface area contributed by atoms with Crippen molar-refractivity contribution in [2.75, 3.05) is 26.2 Å². The van der Waals surface area contributed by atoms with Gasteiger partial charge in [-0.1, -0.05) is 26.0 Å². The van der Waals surface area contributed by atoms with E-state index in [1.54, 1.807) is 0 Å². The molecular formula is C16H23NO2. The Morgan fingerprint density at radius 3 is 2.68 bits per heavy atom. The molecule has 104 valence electrons. The Morgan fingerprint density at radius 2 is 2.00 bits per heavy atom. The molecule has 0 saturated carbocycles. The van der Waals surface area contributed by atoms with Crippen LogP contribution in [0.3, 0.4) is 0 Å². The third-order valence-electron chi connectivity index (χ3n) is 3.61. The predicted molar refractivity (Wildman–Crippen MR) is 76.7 cm³/mol. The van der Waals surface area contributed by atoms with Gasteiger partial charge in [0.15, 0.2) is 0 Å². The summed E-state index contributed by atoms with van der Waals surface area (Å²) in [5, 5.41) is 0. The van der Waals surface area contributed by atoms with Gasteiger partial charge in [0.25, 0.3) is 0 Å². The molecular weight excluding hydrogens is 238 g/mol. The third kappa shape index (κ3) is 4.35. The number of likely N-dealkylation sites (tertiary alicyclic amines) is 1. The summed E-state index contributed by atoms with van der Waals surface area (Å²) >= 11 is 0. The molecule has 0 spiro atoms. The van der Waals surface area contributed by atoms with E-state index < -0.39 is 0 Å². The van der Waals surface area contributed by atoms with Gasteiger partial charge in [0, 0.05) is 32.5 Å². The molecule has 3 heteroatoms. The van der Waals surface area contributed by atoms with Crippen molar-refractivity contribution in [3.63, 3.8) is 0 Å². The Hall–Kier alpha value is -1.35. The highest BCUT2D eigenvalue weighted by atomic mass is 16.5. The zero-order chi connectivity index (χ0) is 13.7. The second-order valence-corrected chi connectivity index (χ2v) is 5.46. The van der Waals surface area contributed by atoms with Crippen molar-refractivity contribution in [3.8, 4) is 5.75 Å². The average molecular weight is 261 g/mol. The first-order chi connectivity index (χ1) is 9.15. The van der Waals surface area contributed by atoms with Crippen molar-refractivity contribution in [1.29, 1.82) is 0 Å². The maximum absolute atomic E-state index is 11.1. The minimum Gasteiger partial charge on any atom is -0.492 e. The number of carbonyl (C=O) groups is 1. The van der Waals surface area contributed by atoms with Gasteiger partial charge in [0.1, 0.15) is 18.1 Å². The molecule has 0 amide bonds. The maximum Gasteiger partial charge on any atom is 0.135 e. The van der Waals surface area contributed by atoms with E-state index in [-0.39, 0.29) is 0 Å². The molecule has 0 aromatic heterocycles. The van der Waals surface area contributed by atoms with Crippen LogP contribution in [-0.2, 0) is 4.79 Å². The standard InChI is InChI=1S/C16H23NO2/c1-13(2)14-4-3-5-16(12-14)19-11-10-17-8-6-15(18)7-9-17/h3-5,12-13H,6-11H2,1-2H3. The lowest BCUT2D eigenvalue weighted by molar-refractivity contribution is -0.121. The van der Waals surface area contributed by atoms with Crippen LogP contribution < -0.4 is 4.74 Å². The van der Waals surface area contributed by atoms with Crippen LogP contribution in [0.1, 0.15) is 38.2 Å². The number of Topliss-reactive ketones (excluding diaryl/α,β-unsaturated/α-hetero) is 1. The summed E-state index contributed by atoms with van der Waals surface area (Å²) in [6.07, 6.45) is 1.39. The third-order valence-corrected chi connectivity index (χ3v) is 3.61. The number of ketones is 1. The van der Waals surface area contributed by atoms with E-state index in [9.17, 15) is 4.79 Å². The lowest BCUT2D eigenvalue weighted by Crippen LogP contribution is -2.36. The lowest BCUT2D eigenvalue weighted by Gasteiger charge is -2.25. The zero-order valence-corrected chi connectivity index (χ0v) is 11.9. The van der Waals surface area contributed by atoms with E-state index in [4.69, 9.17) is 4.74 Å². The molecule has 1 aromatic rings. The van der Waals surface area contributed by atoms with Gasteiger partial charge in [-0.3, -0.25) is 9.69 Å². The topological polar surface area (TPSA) is 29.5 Å². The van der Waals surface area contributed by atoms with Crippen LogP contribution in [0.5, 0.6) is 5.75 Å². The molecule has 1 aliphatic rings. The van der Waals surface area contributed by atoms with Crippen LogP contribution in [0.2, 0.25) is 0 Å². The molecule has 19 heavy (non-hydrogen) atoms. The highest BCUT2D eigenvalue weighted by Crippen LogP contribution is 2.20. The number of carbonyl (C=O) groups excluding carboxylic acids is 1. The van der Waals surface area contributed by atoms with Gasteiger partial charge in [0.05, 0.1) is 0 Å². The molecule has 1 heterocycles. The second-order valence-electron chi connectivity index (χ2n) is 5.46. The van der Waals surface area contributed by atoms with E-state index >= 15 is 0 Å². The highest BCUT2D eigenvalue weighted by molar-refractivity contribution is 5.79. The monoisotopic (exact) mass is 261 g/mol. The number of ether oxygens (including phenoxy) is 1. The van der Waals surface area contributed by atoms with Gasteiger partial charge in [0.2, 0.25) is 0 Å². The van der Waals surface area contributed by atoms with Crippen molar-refractivity contribution in [1.82, 2.24) is 4.90 Å². The largest absolute Gasteiger partial charge is 0.492 e. The molecule has 1 saturated heterocycles. The Bertz CT molecular complexity index is 419. The van der Waals surface area contributed by atoms with Gasteiger partial charge in [-0.05, 0) is 23.6 Å². The van der Waals surface area contributed by atoms with Gasteiger partial charge in [-0.25, -0.2) is 0 Å². The Morgan fingerprint density at radius 1 is 1.26 bits per heavy atom. The van der Waals surface area contributed by atoms with Crippen LogP contribution in [0, 0.1) is 0 Å². The second kappa shape index (κ2) is 6.71. The number of rotatable bonds is 5. The van der Waals surface area contributed by atoms with Crippen LogP contribution in [-0.4, -0.2) is 36.9 Å². The fourth-order valence-corrected chi connectivity index (χ4v) is 2.28. The van der Waals surface area contributed by atoms with Gasteiger partial charge in [-0.15, -0.1) is 0 Å². The smallest absolute Gasteiger partial charge is 0.135 e. The lowest BCUT2D eigenvalue weighted by atomic mass is 10.0. The summed E-state index contributed by atoms with van der Waals surface area (Å²) < 4.78 is 5.80. The summed E-state index contributed by atoms with van der Waals surface area (Å²) in [7, 11) is 0. The summed E-state index contributed by atoms with van der Waals surface area (Å²) in [6, 6.07) is 8.30. The summed E-state index contributed by atoms with van der Waals surface area (Å²) in [6.45, 7) is 7.73. The maximum atomic E-state index is 11.1. The van der Waals surface area contributed by atoms with E-state index in [2.05, 4.69) is 30.9 Å². The first-order valence-corrected chi connectivity index (χ1v) is 7.12. The van der Waals surface area contributed by atoms with Gasteiger partial charge < -0.3 is 4.74 Å². The van der Waals surface area contributed by atoms with Gasteiger partial charge >= 0.3 is 0 Å². The number of benzene rings is 1. The molecule has 0 aliphatic carbocycles. The molecule has 1 fully saturated rings. The van der Waals surface area contributed by atoms with Crippen molar-refractivity contribution in [3.05, 3.63) is 29.8 Å². The average Bonchev–Trinajstić information content (AvgIpc) is 2.41. The molecule has 0 unspecified atom stereocenters. The number of hydrogen-bond acceptors (Lipinski definition) is 3. The van der Waals surface area contributed by atoms with E-state index in [1.807, 2.05) is 12.1 Å². The molecule has 0 bridgehead atoms. The molecule has 2 rings (SSSR count). The molecule has 3 nitrogen and oxygen atoms in total. The van der Waals surface area contributed by atoms with Crippen LogP contribution >= 0.6 is 0 Å².